The van der Waals surface area contributed by atoms with Crippen molar-refractivity contribution < 1.29 is 53.4 Å². The van der Waals surface area contributed by atoms with E-state index >= 15 is 0 Å². The van der Waals surface area contributed by atoms with Gasteiger partial charge in [0.05, 0.1) is 6.61 Å². The van der Waals surface area contributed by atoms with E-state index in [1.807, 2.05) is 9.97 Å². The van der Waals surface area contributed by atoms with Crippen LogP contribution in [-0.2, 0) is 38.1 Å². The van der Waals surface area contributed by atoms with Crippen LogP contribution in [0, 0.1) is 0 Å². The molecular weight excluding hydrogens is 588 g/mol. The van der Waals surface area contributed by atoms with Gasteiger partial charge in [-0.3, -0.25) is 33.9 Å². The molecule has 2 aromatic heterocycles. The van der Waals surface area contributed by atoms with Crippen LogP contribution >= 0.6 is 0 Å². The average molecular weight is 616 g/mol. The van der Waals surface area contributed by atoms with Crippen LogP contribution in [0.1, 0.15) is 33.2 Å². The molecule has 0 saturated carbocycles. The minimum absolute atomic E-state index is 0.320. The summed E-state index contributed by atoms with van der Waals surface area (Å²) in [6.07, 6.45) is -8.08. The number of aromatic nitrogens is 6. The number of carbonyl (C=O) groups is 3. The summed E-state index contributed by atoms with van der Waals surface area (Å²) in [6, 6.07) is 0. The van der Waals surface area contributed by atoms with E-state index in [0.29, 0.717) is 4.68 Å². The number of hydrogen-bond acceptors (Lipinski definition) is 17. The van der Waals surface area contributed by atoms with Gasteiger partial charge in [0.25, 0.3) is 11.1 Å². The second-order valence-electron chi connectivity index (χ2n) is 9.01. The number of carbonyl (C=O) groups excluding carboxylic acids is 3. The van der Waals surface area contributed by atoms with Crippen LogP contribution in [0.25, 0.3) is 0 Å². The van der Waals surface area contributed by atoms with Gasteiger partial charge in [-0.25, -0.2) is 9.59 Å². The van der Waals surface area contributed by atoms with Crippen molar-refractivity contribution in [3.8, 4) is 0 Å². The lowest BCUT2D eigenvalue weighted by Gasteiger charge is -2.23. The smallest absolute Gasteiger partial charge is 0.347 e. The summed E-state index contributed by atoms with van der Waals surface area (Å²) in [4.78, 5) is 83.2. The van der Waals surface area contributed by atoms with Crippen LogP contribution in [0.15, 0.2) is 31.6 Å². The molecule has 2 aliphatic heterocycles. The third-order valence-corrected chi connectivity index (χ3v) is 5.81. The third kappa shape index (κ3) is 8.04. The normalized spacial score (nSPS) is 28.0. The molecule has 0 radical (unpaired) electrons. The summed E-state index contributed by atoms with van der Waals surface area (Å²) in [5.74, 6) is -2.04. The maximum atomic E-state index is 12.0. The molecular formula is C22H28N6O15. The molecule has 0 unspecified atom stereocenters. The lowest BCUT2D eigenvalue weighted by molar-refractivity contribution is -0.166. The molecule has 2 aromatic rings. The number of aliphatic hydroxyl groups is 3. The monoisotopic (exact) mass is 616 g/mol. The van der Waals surface area contributed by atoms with E-state index in [9.17, 15) is 43.8 Å². The first-order valence-electron chi connectivity index (χ1n) is 12.4. The summed E-state index contributed by atoms with van der Waals surface area (Å²) in [5, 5.41) is 35.1. The van der Waals surface area contributed by atoms with Crippen LogP contribution in [0.2, 0.25) is 0 Å². The highest BCUT2D eigenvalue weighted by Crippen LogP contribution is 2.33. The quantitative estimate of drug-likeness (QED) is 0.143. The van der Waals surface area contributed by atoms with E-state index in [1.165, 1.54) is 6.92 Å². The molecule has 5 N–H and O–H groups in total. The second-order valence-corrected chi connectivity index (χ2v) is 9.01. The molecule has 2 fully saturated rings. The molecule has 0 bridgehead atoms. The molecule has 43 heavy (non-hydrogen) atoms. The molecule has 8 atom stereocenters. The van der Waals surface area contributed by atoms with Crippen molar-refractivity contribution in [3.63, 3.8) is 0 Å². The van der Waals surface area contributed by atoms with E-state index in [4.69, 9.17) is 28.8 Å². The van der Waals surface area contributed by atoms with Crippen LogP contribution in [-0.4, -0.2) is 113 Å². The number of nitrogens with zero attached hydrogens (tertiary/aromatic N) is 4. The van der Waals surface area contributed by atoms with Gasteiger partial charge in [-0.2, -0.15) is 19.6 Å². The largest absolute Gasteiger partial charge is 0.463 e. The number of esters is 3. The first-order chi connectivity index (χ1) is 20.2. The summed E-state index contributed by atoms with van der Waals surface area (Å²) in [6.45, 7) is 2.59. The summed E-state index contributed by atoms with van der Waals surface area (Å²) in [7, 11) is 0. The van der Waals surface area contributed by atoms with Gasteiger partial charge >= 0.3 is 29.3 Å². The van der Waals surface area contributed by atoms with E-state index in [-0.39, 0.29) is 6.61 Å². The summed E-state index contributed by atoms with van der Waals surface area (Å²) in [5.41, 5.74) is -3.21. The van der Waals surface area contributed by atoms with Crippen molar-refractivity contribution >= 4 is 17.9 Å². The van der Waals surface area contributed by atoms with Crippen molar-refractivity contribution in [3.05, 3.63) is 54.1 Å². The van der Waals surface area contributed by atoms with Gasteiger partial charge in [0, 0.05) is 20.8 Å². The Kier molecular flexibility index (Phi) is 10.8. The molecule has 0 aliphatic carbocycles. The fourth-order valence-electron chi connectivity index (χ4n) is 4.06. The van der Waals surface area contributed by atoms with Crippen molar-refractivity contribution in [1.82, 2.24) is 29.5 Å². The van der Waals surface area contributed by atoms with Crippen molar-refractivity contribution in [2.75, 3.05) is 13.2 Å². The Morgan fingerprint density at radius 2 is 1.28 bits per heavy atom. The number of rotatable bonds is 7. The lowest BCUT2D eigenvalue weighted by atomic mass is 10.1. The molecule has 4 heterocycles. The van der Waals surface area contributed by atoms with E-state index in [2.05, 4.69) is 10.2 Å². The summed E-state index contributed by atoms with van der Waals surface area (Å²) >= 11 is 0. The molecule has 2 saturated heterocycles. The Balaban J connectivity index is 0.000000257. The van der Waals surface area contributed by atoms with Gasteiger partial charge in [0.15, 0.2) is 24.7 Å². The number of H-pyrrole nitrogens is 2. The second kappa shape index (κ2) is 14.1. The minimum atomic E-state index is -1.41. The molecule has 21 nitrogen and oxygen atoms in total. The van der Waals surface area contributed by atoms with Crippen LogP contribution in [0.3, 0.4) is 0 Å². The summed E-state index contributed by atoms with van der Waals surface area (Å²) < 4.78 is 27.2. The Labute approximate surface area is 238 Å². The zero-order valence-electron chi connectivity index (χ0n) is 22.7. The third-order valence-electron chi connectivity index (χ3n) is 5.81. The van der Waals surface area contributed by atoms with E-state index < -0.39 is 96.1 Å². The first kappa shape index (κ1) is 32.9. The fraction of sp³-hybridized carbons (Fsp3) is 0.591. The number of aromatic amines is 2. The van der Waals surface area contributed by atoms with E-state index in [0.717, 1.165) is 30.9 Å². The molecule has 0 spiro atoms. The van der Waals surface area contributed by atoms with Crippen molar-refractivity contribution in [1.29, 1.82) is 0 Å². The molecule has 4 rings (SSSR count). The topological polar surface area (TPSA) is 294 Å². The SMILES string of the molecule is CC(=O)OC[C@H]1O[C@@H](n2ncc(=O)[nH]c2=O)[C@H](OC(C)=O)[C@@H]1OC(C)=O.O=c1cnn([C@@H]2O[C@H](CO)[C@@H](O)[C@H]2O)c(=O)[nH]1. The van der Waals surface area contributed by atoms with Gasteiger partial charge < -0.3 is 39.0 Å². The van der Waals surface area contributed by atoms with Crippen molar-refractivity contribution in [2.45, 2.75) is 69.9 Å². The number of ether oxygens (including phenoxy) is 5. The van der Waals surface area contributed by atoms with Crippen LogP contribution < -0.4 is 22.5 Å². The Hall–Kier alpha value is -4.57. The predicted octanol–water partition coefficient (Wildman–Crippen LogP) is -5.20. The first-order valence-corrected chi connectivity index (χ1v) is 12.4. The molecule has 236 valence electrons. The average Bonchev–Trinajstić information content (AvgIpc) is 3.38. The highest BCUT2D eigenvalue weighted by Gasteiger charge is 2.51. The zero-order chi connectivity index (χ0) is 32.0. The zero-order valence-corrected chi connectivity index (χ0v) is 22.7. The lowest BCUT2D eigenvalue weighted by Crippen LogP contribution is -2.43. The van der Waals surface area contributed by atoms with Gasteiger partial charge in [-0.15, -0.1) is 0 Å². The van der Waals surface area contributed by atoms with E-state index in [1.54, 1.807) is 0 Å². The number of aliphatic hydroxyl groups excluding tert-OH is 3. The van der Waals surface area contributed by atoms with Gasteiger partial charge in [-0.1, -0.05) is 0 Å². The molecule has 0 aromatic carbocycles. The van der Waals surface area contributed by atoms with Gasteiger partial charge in [0.1, 0.15) is 43.4 Å². The molecule has 21 heteroatoms. The fourth-order valence-corrected chi connectivity index (χ4v) is 4.06. The van der Waals surface area contributed by atoms with Crippen molar-refractivity contribution in [2.24, 2.45) is 0 Å². The Morgan fingerprint density at radius 1 is 0.791 bits per heavy atom. The van der Waals surface area contributed by atoms with Gasteiger partial charge in [0.2, 0.25) is 0 Å². The van der Waals surface area contributed by atoms with Crippen LogP contribution in [0.4, 0.5) is 0 Å². The number of nitrogens with one attached hydrogen (secondary N) is 2. The Morgan fingerprint density at radius 3 is 1.72 bits per heavy atom. The number of hydrogen-bond donors (Lipinski definition) is 5. The standard InChI is InChI=1S/C14H17N3O9.C8H11N3O6/c1-6(18)23-5-9-11(24-7(2)19)12(25-8(3)20)13(26-9)17-14(22)16-10(21)4-15-17;12-2-3-5(14)6(15)7(17-3)11-8(16)10-4(13)1-9-11/h4,9,11-13H,5H2,1-3H3,(H,16,21,22);1,3,5-7,12,14-15H,2H2,(H,10,13,16)/t9-,11-,12-,13-;3-,5-,6-,7-/m11/s1. The van der Waals surface area contributed by atoms with Crippen LogP contribution in [0.5, 0.6) is 0 Å². The highest BCUT2D eigenvalue weighted by atomic mass is 16.7. The maximum Gasteiger partial charge on any atom is 0.347 e. The molecule has 2 aliphatic rings. The predicted molar refractivity (Wildman–Crippen MR) is 133 cm³/mol. The molecule has 0 amide bonds. The maximum absolute atomic E-state index is 12.0. The minimum Gasteiger partial charge on any atom is -0.463 e. The Bertz CT molecular complexity index is 1550. The van der Waals surface area contributed by atoms with Gasteiger partial charge in [-0.05, 0) is 0 Å². The highest BCUT2D eigenvalue weighted by molar-refractivity contribution is 5.68.